The summed E-state index contributed by atoms with van der Waals surface area (Å²) in [7, 11) is -10.2. The van der Waals surface area contributed by atoms with Gasteiger partial charge in [-0.25, -0.2) is 3.63 Å². The van der Waals surface area contributed by atoms with Gasteiger partial charge in [0.25, 0.3) is 0 Å². The minimum Gasteiger partial charge on any atom is -0.211 e. The molecule has 0 spiro atoms. The lowest BCUT2D eigenvalue weighted by Crippen LogP contribution is -2.63. The van der Waals surface area contributed by atoms with Crippen LogP contribution < -0.4 is 0 Å². The van der Waals surface area contributed by atoms with Gasteiger partial charge in [0.2, 0.25) is 0 Å². The summed E-state index contributed by atoms with van der Waals surface area (Å²) in [6.45, 7) is 2.06. The van der Waals surface area contributed by atoms with E-state index in [0.717, 1.165) is 36.6 Å². The summed E-state index contributed by atoms with van der Waals surface area (Å²) in [5.74, 6) is -15.0. The van der Waals surface area contributed by atoms with Crippen molar-refractivity contribution in [3.8, 4) is 0 Å². The number of rotatable bonds is 10. The lowest BCUT2D eigenvalue weighted by atomic mass is 10.0. The summed E-state index contributed by atoms with van der Waals surface area (Å²) in [5, 5.41) is -5.57. The lowest BCUT2D eigenvalue weighted by molar-refractivity contribution is -0.382. The molecule has 0 aliphatic carbocycles. The Morgan fingerprint density at radius 2 is 1.38 bits per heavy atom. The number of halogens is 9. The van der Waals surface area contributed by atoms with Gasteiger partial charge >= 0.3 is 33.4 Å². The molecule has 3 nitrogen and oxygen atoms in total. The summed E-state index contributed by atoms with van der Waals surface area (Å²) < 4.78 is 150. The number of aryl methyl sites for hydroxylation is 1. The highest BCUT2D eigenvalue weighted by molar-refractivity contribution is 8.33. The van der Waals surface area contributed by atoms with Crippen molar-refractivity contribution in [2.24, 2.45) is 0 Å². The molecule has 0 radical (unpaired) electrons. The Balaban J connectivity index is 1.98. The number of hydrogen-bond donors (Lipinski definition) is 0. The fourth-order valence-corrected chi connectivity index (χ4v) is 9.78. The molecule has 1 heterocycles. The van der Waals surface area contributed by atoms with E-state index in [9.17, 15) is 47.9 Å². The van der Waals surface area contributed by atoms with Crippen LogP contribution in [-0.4, -0.2) is 43.2 Å². The standard InChI is InChI=1S/C23H25F9O3S2/c1-2-3-4-7-16-8-9-18-15-19(11-10-17(18)14-16)36(12-5-6-13-36)35-37(33,34)23(31,32)21(26,27)20(24,25)22(28,29)30/h8-11,14-15H,2-7,12-13H2,1H3. The maximum atomic E-state index is 14.3. The first kappa shape index (κ1) is 29.9. The molecule has 1 fully saturated rings. The molecule has 0 amide bonds. The molecule has 1 aliphatic rings. The van der Waals surface area contributed by atoms with Gasteiger partial charge in [-0.2, -0.15) is 47.9 Å². The van der Waals surface area contributed by atoms with E-state index in [1.165, 1.54) is 12.1 Å². The van der Waals surface area contributed by atoms with Gasteiger partial charge in [0, 0.05) is 16.4 Å². The van der Waals surface area contributed by atoms with Gasteiger partial charge in [-0.05, 0) is 54.2 Å². The zero-order chi connectivity index (χ0) is 27.9. The number of fused-ring (bicyclic) bond motifs is 1. The fraction of sp³-hybridized carbons (Fsp3) is 0.565. The average molecular weight is 585 g/mol. The van der Waals surface area contributed by atoms with Gasteiger partial charge in [-0.15, -0.1) is 0 Å². The van der Waals surface area contributed by atoms with Crippen LogP contribution in [-0.2, 0) is 20.2 Å². The van der Waals surface area contributed by atoms with Crippen molar-refractivity contribution in [1.29, 1.82) is 0 Å². The van der Waals surface area contributed by atoms with E-state index < -0.39 is 43.7 Å². The Bertz CT molecular complexity index is 1220. The van der Waals surface area contributed by atoms with E-state index in [2.05, 4.69) is 10.6 Å². The van der Waals surface area contributed by atoms with Crippen LogP contribution in [0.1, 0.15) is 44.6 Å². The highest BCUT2D eigenvalue weighted by atomic mass is 32.3. The summed E-state index contributed by atoms with van der Waals surface area (Å²) >= 11 is 0. The Labute approximate surface area is 210 Å². The van der Waals surface area contributed by atoms with Crippen molar-refractivity contribution < 1.29 is 51.6 Å². The van der Waals surface area contributed by atoms with E-state index >= 15 is 0 Å². The maximum absolute atomic E-state index is 14.3. The molecule has 0 atom stereocenters. The molecule has 210 valence electrons. The van der Waals surface area contributed by atoms with E-state index in [-0.39, 0.29) is 29.2 Å². The van der Waals surface area contributed by atoms with Crippen molar-refractivity contribution in [2.75, 3.05) is 11.5 Å². The molecule has 14 heteroatoms. The molecule has 1 saturated heterocycles. The Hall–Kier alpha value is -1.67. The molecule has 2 aromatic rings. The van der Waals surface area contributed by atoms with Gasteiger partial charge in [-0.3, -0.25) is 0 Å². The number of hydrogen-bond acceptors (Lipinski definition) is 3. The van der Waals surface area contributed by atoms with Crippen LogP contribution in [0.25, 0.3) is 10.8 Å². The molecule has 0 N–H and O–H groups in total. The lowest BCUT2D eigenvalue weighted by Gasteiger charge is -2.38. The van der Waals surface area contributed by atoms with Crippen LogP contribution in [0.15, 0.2) is 41.3 Å². The van der Waals surface area contributed by atoms with Crippen LogP contribution in [0.5, 0.6) is 0 Å². The van der Waals surface area contributed by atoms with Crippen molar-refractivity contribution in [2.45, 2.75) is 73.6 Å². The van der Waals surface area contributed by atoms with Crippen molar-refractivity contribution in [3.05, 3.63) is 42.0 Å². The van der Waals surface area contributed by atoms with Crippen molar-refractivity contribution in [3.63, 3.8) is 0 Å². The predicted molar refractivity (Wildman–Crippen MR) is 123 cm³/mol. The summed E-state index contributed by atoms with van der Waals surface area (Å²) in [6.07, 6.45) is -2.79. The van der Waals surface area contributed by atoms with E-state index in [4.69, 9.17) is 0 Å². The highest BCUT2D eigenvalue weighted by Crippen LogP contribution is 2.65. The number of unbranched alkanes of at least 4 members (excludes halogenated alkanes) is 2. The Kier molecular flexibility index (Phi) is 8.19. The van der Waals surface area contributed by atoms with E-state index in [1.807, 2.05) is 12.1 Å². The van der Waals surface area contributed by atoms with Crippen molar-refractivity contribution >= 4 is 31.2 Å². The fourth-order valence-electron chi connectivity index (χ4n) is 4.09. The molecule has 3 rings (SSSR count). The van der Waals surface area contributed by atoms with Crippen LogP contribution in [0.3, 0.4) is 0 Å². The molecule has 1 aliphatic heterocycles. The van der Waals surface area contributed by atoms with Gasteiger partial charge in [0.1, 0.15) is 0 Å². The monoisotopic (exact) mass is 584 g/mol. The van der Waals surface area contributed by atoms with Gasteiger partial charge in [-0.1, -0.05) is 54.3 Å². The van der Waals surface area contributed by atoms with Crippen molar-refractivity contribution in [1.82, 2.24) is 0 Å². The number of alkyl halides is 9. The van der Waals surface area contributed by atoms with Gasteiger partial charge in [0.05, 0.1) is 0 Å². The minimum absolute atomic E-state index is 0.0847. The first-order valence-electron chi connectivity index (χ1n) is 11.4. The van der Waals surface area contributed by atoms with E-state index in [0.29, 0.717) is 5.39 Å². The maximum Gasteiger partial charge on any atom is 0.460 e. The van der Waals surface area contributed by atoms with Gasteiger partial charge in [0.15, 0.2) is 0 Å². The predicted octanol–water partition coefficient (Wildman–Crippen LogP) is 8.22. The smallest absolute Gasteiger partial charge is 0.211 e. The van der Waals surface area contributed by atoms with Gasteiger partial charge < -0.3 is 0 Å². The van der Waals surface area contributed by atoms with Crippen LogP contribution in [0.4, 0.5) is 39.5 Å². The SMILES string of the molecule is CCCCCc1ccc2cc(S3(OS(=O)(=O)C(F)(F)C(F)(F)C(F)(F)C(F)(F)F)CCCC3)ccc2c1. The normalized spacial score (nSPS) is 18.3. The first-order chi connectivity index (χ1) is 16.9. The summed E-state index contributed by atoms with van der Waals surface area (Å²) in [6, 6.07) is 9.82. The molecule has 0 unspecified atom stereocenters. The molecule has 2 aromatic carbocycles. The molecule has 0 saturated carbocycles. The largest absolute Gasteiger partial charge is 0.460 e. The quantitative estimate of drug-likeness (QED) is 0.209. The molecule has 0 aromatic heterocycles. The number of benzene rings is 2. The first-order valence-corrected chi connectivity index (χ1v) is 14.7. The van der Waals surface area contributed by atoms with Crippen LogP contribution in [0.2, 0.25) is 0 Å². The third-order valence-electron chi connectivity index (χ3n) is 6.22. The average Bonchev–Trinajstić information content (AvgIpc) is 3.26. The second kappa shape index (κ2) is 10.1. The summed E-state index contributed by atoms with van der Waals surface area (Å²) in [5.41, 5.74) is 1.03. The minimum atomic E-state index is -7.34. The second-order valence-electron chi connectivity index (χ2n) is 8.91. The second-order valence-corrected chi connectivity index (χ2v) is 13.8. The Morgan fingerprint density at radius 1 is 0.811 bits per heavy atom. The molecular formula is C23H25F9O3S2. The third kappa shape index (κ3) is 5.29. The Morgan fingerprint density at radius 3 is 1.95 bits per heavy atom. The van der Waals surface area contributed by atoms with E-state index in [1.54, 1.807) is 12.1 Å². The molecule has 37 heavy (non-hydrogen) atoms. The highest BCUT2D eigenvalue weighted by Gasteiger charge is 2.86. The summed E-state index contributed by atoms with van der Waals surface area (Å²) in [4.78, 5) is 0.0847. The third-order valence-corrected chi connectivity index (χ3v) is 11.9. The topological polar surface area (TPSA) is 43.4 Å². The zero-order valence-electron chi connectivity index (χ0n) is 19.6. The van der Waals surface area contributed by atoms with Crippen LogP contribution >= 0.6 is 10.3 Å². The molecule has 0 bridgehead atoms. The van der Waals surface area contributed by atoms with Crippen LogP contribution in [0, 0.1) is 0 Å². The zero-order valence-corrected chi connectivity index (χ0v) is 21.2. The molecular weight excluding hydrogens is 559 g/mol.